The van der Waals surface area contributed by atoms with Gasteiger partial charge in [0.2, 0.25) is 5.89 Å². The molecule has 0 amide bonds. The Morgan fingerprint density at radius 2 is 1.79 bits per heavy atom. The number of thioether (sulfide) groups is 1. The SMILES string of the molecule is CSc1c(-c2nnc(C3(C(F)(F)F)CCC3)o2)nn(-c2ccccc2Cl)c1-c1ccc(Br)cc1. The van der Waals surface area contributed by atoms with Gasteiger partial charge in [-0.05, 0) is 43.4 Å². The molecule has 0 saturated heterocycles. The zero-order valence-corrected chi connectivity index (χ0v) is 20.9. The maximum atomic E-state index is 13.8. The molecular weight excluding hydrogens is 553 g/mol. The van der Waals surface area contributed by atoms with Crippen LogP contribution in [0.4, 0.5) is 13.2 Å². The molecule has 0 bridgehead atoms. The van der Waals surface area contributed by atoms with Gasteiger partial charge in [-0.15, -0.1) is 22.0 Å². The monoisotopic (exact) mass is 568 g/mol. The fourth-order valence-electron chi connectivity index (χ4n) is 4.06. The van der Waals surface area contributed by atoms with Crippen LogP contribution >= 0.6 is 39.3 Å². The Bertz CT molecular complexity index is 1350. The van der Waals surface area contributed by atoms with Gasteiger partial charge in [-0.25, -0.2) is 4.68 Å². The molecule has 176 valence electrons. The van der Waals surface area contributed by atoms with Crippen molar-refractivity contribution in [2.75, 3.05) is 6.26 Å². The predicted molar refractivity (Wildman–Crippen MR) is 128 cm³/mol. The van der Waals surface area contributed by atoms with E-state index >= 15 is 0 Å². The van der Waals surface area contributed by atoms with Gasteiger partial charge in [0.1, 0.15) is 5.41 Å². The summed E-state index contributed by atoms with van der Waals surface area (Å²) in [7, 11) is 0. The largest absolute Gasteiger partial charge is 0.418 e. The van der Waals surface area contributed by atoms with Gasteiger partial charge >= 0.3 is 6.18 Å². The van der Waals surface area contributed by atoms with Crippen molar-refractivity contribution in [2.24, 2.45) is 0 Å². The van der Waals surface area contributed by atoms with Crippen LogP contribution in [0.1, 0.15) is 25.2 Å². The molecule has 5 nitrogen and oxygen atoms in total. The molecule has 11 heteroatoms. The summed E-state index contributed by atoms with van der Waals surface area (Å²) in [6.45, 7) is 0. The maximum Gasteiger partial charge on any atom is 0.403 e. The highest BCUT2D eigenvalue weighted by molar-refractivity contribution is 9.10. The van der Waals surface area contributed by atoms with Crippen LogP contribution in [-0.2, 0) is 5.41 Å². The van der Waals surface area contributed by atoms with Crippen LogP contribution in [0, 0.1) is 0 Å². The second kappa shape index (κ2) is 8.73. The van der Waals surface area contributed by atoms with E-state index in [4.69, 9.17) is 21.1 Å². The molecule has 4 aromatic rings. The van der Waals surface area contributed by atoms with Crippen molar-refractivity contribution in [2.45, 2.75) is 35.7 Å². The number of hydrogen-bond acceptors (Lipinski definition) is 5. The topological polar surface area (TPSA) is 56.7 Å². The van der Waals surface area contributed by atoms with Gasteiger partial charge in [0.05, 0.1) is 21.3 Å². The van der Waals surface area contributed by atoms with Gasteiger partial charge in [0.25, 0.3) is 5.89 Å². The molecule has 2 aromatic carbocycles. The van der Waals surface area contributed by atoms with E-state index in [0.717, 1.165) is 15.7 Å². The molecule has 1 aliphatic carbocycles. The first-order valence-corrected chi connectivity index (χ1v) is 12.7. The van der Waals surface area contributed by atoms with E-state index in [1.165, 1.54) is 11.8 Å². The smallest absolute Gasteiger partial charge is 0.403 e. The van der Waals surface area contributed by atoms with E-state index < -0.39 is 17.5 Å². The summed E-state index contributed by atoms with van der Waals surface area (Å²) in [5.74, 6) is -0.468. The lowest BCUT2D eigenvalue weighted by Gasteiger charge is -2.39. The summed E-state index contributed by atoms with van der Waals surface area (Å²) in [6, 6.07) is 14.9. The Kier molecular flexibility index (Phi) is 6.02. The van der Waals surface area contributed by atoms with Crippen molar-refractivity contribution in [3.63, 3.8) is 0 Å². The highest BCUT2D eigenvalue weighted by Crippen LogP contribution is 2.54. The van der Waals surface area contributed by atoms with Crippen LogP contribution in [-0.4, -0.2) is 32.4 Å². The quantitative estimate of drug-likeness (QED) is 0.230. The average Bonchev–Trinajstić information content (AvgIpc) is 3.38. The van der Waals surface area contributed by atoms with Crippen LogP contribution in [0.15, 0.2) is 62.3 Å². The molecule has 0 spiro atoms. The van der Waals surface area contributed by atoms with E-state index in [2.05, 4.69) is 26.1 Å². The molecule has 0 N–H and O–H groups in total. The van der Waals surface area contributed by atoms with Crippen molar-refractivity contribution in [3.05, 3.63) is 63.9 Å². The van der Waals surface area contributed by atoms with E-state index in [1.54, 1.807) is 10.7 Å². The number of nitrogens with zero attached hydrogens (tertiary/aromatic N) is 4. The minimum absolute atomic E-state index is 0.0564. The Balaban J connectivity index is 1.71. The lowest BCUT2D eigenvalue weighted by atomic mass is 9.68. The number of hydrogen-bond donors (Lipinski definition) is 0. The normalized spacial score (nSPS) is 15.4. The van der Waals surface area contributed by atoms with E-state index in [-0.39, 0.29) is 18.7 Å². The minimum atomic E-state index is -4.46. The van der Waals surface area contributed by atoms with Crippen molar-refractivity contribution in [1.29, 1.82) is 0 Å². The van der Waals surface area contributed by atoms with Crippen molar-refractivity contribution in [1.82, 2.24) is 20.0 Å². The number of rotatable bonds is 5. The first-order chi connectivity index (χ1) is 16.2. The fraction of sp³-hybridized carbons (Fsp3) is 0.261. The molecule has 0 atom stereocenters. The third kappa shape index (κ3) is 3.76. The minimum Gasteiger partial charge on any atom is -0.418 e. The number of benzene rings is 2. The average molecular weight is 570 g/mol. The highest BCUT2D eigenvalue weighted by Gasteiger charge is 2.63. The standard InChI is InChI=1S/C23H17BrClF3N4OS/c1-34-19-17(20-29-30-21(33-20)22(11-4-12-22)23(26,27)28)31-32(16-6-3-2-5-15(16)25)18(19)13-7-9-14(24)10-8-13/h2-3,5-10H,4,11-12H2,1H3. The second-order valence-corrected chi connectivity index (χ2v) is 10.1. The van der Waals surface area contributed by atoms with Gasteiger partial charge in [0, 0.05) is 10.0 Å². The molecule has 2 aromatic heterocycles. The highest BCUT2D eigenvalue weighted by atomic mass is 79.9. The Morgan fingerprint density at radius 1 is 1.09 bits per heavy atom. The van der Waals surface area contributed by atoms with Gasteiger partial charge in [-0.3, -0.25) is 0 Å². The Labute approximate surface area is 210 Å². The third-order valence-electron chi connectivity index (χ3n) is 6.03. The summed E-state index contributed by atoms with van der Waals surface area (Å²) >= 11 is 11.3. The summed E-state index contributed by atoms with van der Waals surface area (Å²) in [4.78, 5) is 0.687. The van der Waals surface area contributed by atoms with Crippen molar-refractivity contribution in [3.8, 4) is 28.5 Å². The Morgan fingerprint density at radius 3 is 2.38 bits per heavy atom. The van der Waals surface area contributed by atoms with Gasteiger partial charge in [-0.1, -0.05) is 58.2 Å². The maximum absolute atomic E-state index is 13.8. The summed E-state index contributed by atoms with van der Waals surface area (Å²) < 4.78 is 49.7. The first kappa shape index (κ1) is 23.4. The predicted octanol–water partition coefficient (Wildman–Crippen LogP) is 7.71. The number of halogens is 5. The zero-order chi connectivity index (χ0) is 24.1. The molecule has 1 aliphatic rings. The fourth-order valence-corrected chi connectivity index (χ4v) is 5.26. The summed E-state index contributed by atoms with van der Waals surface area (Å²) in [5, 5.41) is 13.0. The van der Waals surface area contributed by atoms with E-state index in [0.29, 0.717) is 27.7 Å². The van der Waals surface area contributed by atoms with Gasteiger partial charge < -0.3 is 4.42 Å². The summed E-state index contributed by atoms with van der Waals surface area (Å²) in [5.41, 5.74) is 0.404. The number of aromatic nitrogens is 4. The molecule has 0 unspecified atom stereocenters. The number of para-hydroxylation sites is 1. The molecular formula is C23H17BrClF3N4OS. The van der Waals surface area contributed by atoms with Crippen LogP contribution in [0.2, 0.25) is 5.02 Å². The van der Waals surface area contributed by atoms with E-state index in [1.807, 2.05) is 48.7 Å². The van der Waals surface area contributed by atoms with Crippen LogP contribution < -0.4 is 0 Å². The molecule has 1 saturated carbocycles. The summed E-state index contributed by atoms with van der Waals surface area (Å²) in [6.07, 6.45) is -2.27. The Hall–Kier alpha value is -2.30. The molecule has 0 radical (unpaired) electrons. The lowest BCUT2D eigenvalue weighted by Crippen LogP contribution is -2.48. The van der Waals surface area contributed by atoms with Gasteiger partial charge in [-0.2, -0.15) is 18.3 Å². The zero-order valence-electron chi connectivity index (χ0n) is 17.7. The molecule has 2 heterocycles. The number of alkyl halides is 3. The van der Waals surface area contributed by atoms with Gasteiger partial charge in [0.15, 0.2) is 5.69 Å². The van der Waals surface area contributed by atoms with Crippen LogP contribution in [0.3, 0.4) is 0 Å². The lowest BCUT2D eigenvalue weighted by molar-refractivity contribution is -0.219. The first-order valence-electron chi connectivity index (χ1n) is 10.3. The molecule has 34 heavy (non-hydrogen) atoms. The van der Waals surface area contributed by atoms with E-state index in [9.17, 15) is 13.2 Å². The van der Waals surface area contributed by atoms with Crippen LogP contribution in [0.25, 0.3) is 28.5 Å². The second-order valence-electron chi connectivity index (χ2n) is 7.95. The van der Waals surface area contributed by atoms with Crippen molar-refractivity contribution >= 4 is 39.3 Å². The third-order valence-corrected chi connectivity index (χ3v) is 7.67. The van der Waals surface area contributed by atoms with Crippen molar-refractivity contribution < 1.29 is 17.6 Å². The molecule has 1 fully saturated rings. The molecule has 0 aliphatic heterocycles. The van der Waals surface area contributed by atoms with Crippen LogP contribution in [0.5, 0.6) is 0 Å². The molecule has 5 rings (SSSR count).